The summed E-state index contributed by atoms with van der Waals surface area (Å²) >= 11 is 0. The smallest absolute Gasteiger partial charge is 0.343 e. The first-order valence-electron chi connectivity index (χ1n) is 6.03. The van der Waals surface area contributed by atoms with Crippen molar-refractivity contribution in [2.45, 2.75) is 12.2 Å². The van der Waals surface area contributed by atoms with Crippen molar-refractivity contribution in [1.29, 1.82) is 0 Å². The average molecular weight is 315 g/mol. The number of ether oxygens (including phenoxy) is 2. The van der Waals surface area contributed by atoms with E-state index in [1.807, 2.05) is 0 Å². The van der Waals surface area contributed by atoms with E-state index in [0.717, 1.165) is 6.26 Å². The normalized spacial score (nSPS) is 12.3. The van der Waals surface area contributed by atoms with Crippen LogP contribution in [0.15, 0.2) is 24.3 Å². The summed E-state index contributed by atoms with van der Waals surface area (Å²) in [5, 5.41) is 1.32. The maximum atomic E-state index is 11.8. The van der Waals surface area contributed by atoms with E-state index in [0.29, 0.717) is 11.4 Å². The number of carbonyl (C=O) groups is 2. The Labute approximate surface area is 123 Å². The predicted octanol–water partition coefficient (Wildman–Crippen LogP) is 0.610. The monoisotopic (exact) mass is 315 g/mol. The molecule has 8 heteroatoms. The lowest BCUT2D eigenvalue weighted by atomic mass is 10.3. The summed E-state index contributed by atoms with van der Waals surface area (Å²) in [7, 11) is -2.22. The van der Waals surface area contributed by atoms with E-state index < -0.39 is 27.0 Å². The van der Waals surface area contributed by atoms with Gasteiger partial charge in [-0.15, -0.1) is 0 Å². The van der Waals surface area contributed by atoms with Crippen molar-refractivity contribution < 1.29 is 27.5 Å². The third kappa shape index (κ3) is 5.42. The second-order valence-corrected chi connectivity index (χ2v) is 6.72. The molecule has 21 heavy (non-hydrogen) atoms. The van der Waals surface area contributed by atoms with E-state index in [4.69, 9.17) is 4.74 Å². The Hall–Kier alpha value is -2.09. The van der Waals surface area contributed by atoms with Gasteiger partial charge in [0.1, 0.15) is 11.0 Å². The first-order valence-corrected chi connectivity index (χ1v) is 7.99. The molecule has 0 saturated heterocycles. The second kappa shape index (κ2) is 7.07. The van der Waals surface area contributed by atoms with Gasteiger partial charge in [0.15, 0.2) is 16.4 Å². The van der Waals surface area contributed by atoms with Gasteiger partial charge >= 0.3 is 5.97 Å². The highest BCUT2D eigenvalue weighted by molar-refractivity contribution is 7.92. The molecule has 1 rings (SSSR count). The number of methoxy groups -OCH3 is 1. The van der Waals surface area contributed by atoms with Crippen LogP contribution in [0.5, 0.6) is 5.75 Å². The van der Waals surface area contributed by atoms with Crippen molar-refractivity contribution >= 4 is 27.4 Å². The molecule has 0 heterocycles. The number of sulfone groups is 1. The molecule has 0 saturated carbocycles. The number of carbonyl (C=O) groups excluding carboxylic acids is 2. The molecule has 1 unspecified atom stereocenters. The van der Waals surface area contributed by atoms with Crippen molar-refractivity contribution in [2.24, 2.45) is 0 Å². The van der Waals surface area contributed by atoms with Gasteiger partial charge in [-0.25, -0.2) is 13.2 Å². The lowest BCUT2D eigenvalue weighted by molar-refractivity contribution is -0.142. The van der Waals surface area contributed by atoms with Gasteiger partial charge < -0.3 is 14.8 Å². The van der Waals surface area contributed by atoms with Crippen LogP contribution in [0, 0.1) is 0 Å². The first kappa shape index (κ1) is 17.0. The molecule has 1 aromatic carbocycles. The van der Waals surface area contributed by atoms with Crippen LogP contribution in [0.3, 0.4) is 0 Å². The van der Waals surface area contributed by atoms with E-state index in [1.54, 1.807) is 18.2 Å². The number of anilines is 1. The van der Waals surface area contributed by atoms with Crippen molar-refractivity contribution in [3.05, 3.63) is 24.3 Å². The number of rotatable bonds is 6. The van der Waals surface area contributed by atoms with E-state index in [2.05, 4.69) is 10.1 Å². The van der Waals surface area contributed by atoms with E-state index in [1.165, 1.54) is 20.1 Å². The fourth-order valence-corrected chi connectivity index (χ4v) is 1.75. The molecule has 7 nitrogen and oxygen atoms in total. The van der Waals surface area contributed by atoms with Gasteiger partial charge in [-0.1, -0.05) is 6.07 Å². The number of benzene rings is 1. The quantitative estimate of drug-likeness (QED) is 0.772. The molecule has 1 N–H and O–H groups in total. The number of amides is 1. The lowest BCUT2D eigenvalue weighted by Gasteiger charge is -2.11. The molecule has 1 atom stereocenters. The summed E-state index contributed by atoms with van der Waals surface area (Å²) in [6.45, 7) is 1.05. The van der Waals surface area contributed by atoms with Gasteiger partial charge in [-0.3, -0.25) is 4.79 Å². The maximum Gasteiger partial charge on any atom is 0.343 e. The highest BCUT2D eigenvalue weighted by Gasteiger charge is 2.23. The zero-order valence-electron chi connectivity index (χ0n) is 12.0. The summed E-state index contributed by atoms with van der Waals surface area (Å²) in [6.07, 6.45) is 0.993. The molecule has 0 aliphatic carbocycles. The minimum atomic E-state index is -3.46. The summed E-state index contributed by atoms with van der Waals surface area (Å²) in [5.41, 5.74) is 0.373. The molecule has 1 aromatic rings. The second-order valence-electron chi connectivity index (χ2n) is 4.35. The average Bonchev–Trinajstić information content (AvgIpc) is 2.43. The fourth-order valence-electron chi connectivity index (χ4n) is 1.30. The predicted molar refractivity (Wildman–Crippen MR) is 76.9 cm³/mol. The highest BCUT2D eigenvalue weighted by atomic mass is 32.2. The zero-order valence-corrected chi connectivity index (χ0v) is 12.8. The molecule has 0 spiro atoms. The number of nitrogens with one attached hydrogen (secondary N) is 1. The van der Waals surface area contributed by atoms with Crippen LogP contribution in [0.1, 0.15) is 6.92 Å². The summed E-state index contributed by atoms with van der Waals surface area (Å²) < 4.78 is 32.2. The van der Waals surface area contributed by atoms with E-state index in [-0.39, 0.29) is 6.61 Å². The Morgan fingerprint density at radius 1 is 1.33 bits per heavy atom. The fraction of sp³-hybridized carbons (Fsp3) is 0.385. The summed E-state index contributed by atoms with van der Waals surface area (Å²) in [4.78, 5) is 22.7. The number of hydrogen-bond donors (Lipinski definition) is 1. The topological polar surface area (TPSA) is 98.8 Å². The van der Waals surface area contributed by atoms with Crippen LogP contribution in [0.2, 0.25) is 0 Å². The molecule has 0 aliphatic rings. The molecule has 116 valence electrons. The van der Waals surface area contributed by atoms with Crippen LogP contribution < -0.4 is 10.1 Å². The Kier molecular flexibility index (Phi) is 5.71. The van der Waals surface area contributed by atoms with E-state index >= 15 is 0 Å². The molecular weight excluding hydrogens is 298 g/mol. The molecule has 0 aromatic heterocycles. The lowest BCUT2D eigenvalue weighted by Crippen LogP contribution is -2.31. The van der Waals surface area contributed by atoms with Crippen LogP contribution in [-0.4, -0.2) is 45.5 Å². The van der Waals surface area contributed by atoms with Crippen LogP contribution in [-0.2, 0) is 24.2 Å². The molecule has 0 fully saturated rings. The van der Waals surface area contributed by atoms with Gasteiger partial charge in [-0.2, -0.15) is 0 Å². The van der Waals surface area contributed by atoms with Gasteiger partial charge in [0.05, 0.1) is 7.11 Å². The Balaban J connectivity index is 2.73. The van der Waals surface area contributed by atoms with Gasteiger partial charge in [-0.05, 0) is 19.1 Å². The SMILES string of the molecule is COC(=O)COc1cccc(NC(=O)C(C)S(C)(=O)=O)c1. The molecule has 1 amide bonds. The van der Waals surface area contributed by atoms with E-state index in [9.17, 15) is 18.0 Å². The van der Waals surface area contributed by atoms with Gasteiger partial charge in [0.2, 0.25) is 5.91 Å². The van der Waals surface area contributed by atoms with Crippen molar-refractivity contribution in [1.82, 2.24) is 0 Å². The number of esters is 1. The van der Waals surface area contributed by atoms with Crippen molar-refractivity contribution in [2.75, 3.05) is 25.3 Å². The van der Waals surface area contributed by atoms with Crippen LogP contribution in [0.25, 0.3) is 0 Å². The molecular formula is C13H17NO6S. The third-order valence-electron chi connectivity index (χ3n) is 2.70. The zero-order chi connectivity index (χ0) is 16.0. The highest BCUT2D eigenvalue weighted by Crippen LogP contribution is 2.18. The van der Waals surface area contributed by atoms with Gasteiger partial charge in [0.25, 0.3) is 0 Å². The van der Waals surface area contributed by atoms with Crippen molar-refractivity contribution in [3.8, 4) is 5.75 Å². The summed E-state index contributed by atoms with van der Waals surface area (Å²) in [6, 6.07) is 6.26. The number of hydrogen-bond acceptors (Lipinski definition) is 6. The van der Waals surface area contributed by atoms with Crippen LogP contribution >= 0.6 is 0 Å². The van der Waals surface area contributed by atoms with Crippen LogP contribution in [0.4, 0.5) is 5.69 Å². The molecule has 0 radical (unpaired) electrons. The molecule has 0 bridgehead atoms. The summed E-state index contributed by atoms with van der Waals surface area (Å²) in [5.74, 6) is -0.817. The maximum absolute atomic E-state index is 11.8. The minimum Gasteiger partial charge on any atom is -0.482 e. The Morgan fingerprint density at radius 2 is 2.00 bits per heavy atom. The minimum absolute atomic E-state index is 0.256. The first-order chi connectivity index (χ1) is 9.74. The standard InChI is InChI=1S/C13H17NO6S/c1-9(21(3,17)18)13(16)14-10-5-4-6-11(7-10)20-8-12(15)19-2/h4-7,9H,8H2,1-3H3,(H,14,16). The van der Waals surface area contributed by atoms with Crippen molar-refractivity contribution in [3.63, 3.8) is 0 Å². The third-order valence-corrected chi connectivity index (χ3v) is 4.20. The molecule has 0 aliphatic heterocycles. The Bertz CT molecular complexity index is 625. The largest absolute Gasteiger partial charge is 0.482 e. The van der Waals surface area contributed by atoms with Gasteiger partial charge in [0, 0.05) is 18.0 Å². The Morgan fingerprint density at radius 3 is 2.57 bits per heavy atom.